The van der Waals surface area contributed by atoms with Crippen molar-refractivity contribution in [2.24, 2.45) is 4.99 Å². The van der Waals surface area contributed by atoms with Crippen molar-refractivity contribution in [2.45, 2.75) is 0 Å². The molecule has 1 aliphatic rings. The molecule has 0 saturated carbocycles. The number of hydrogen-bond donors (Lipinski definition) is 2. The van der Waals surface area contributed by atoms with Gasteiger partial charge in [-0.2, -0.15) is 4.62 Å². The van der Waals surface area contributed by atoms with Crippen molar-refractivity contribution in [3.05, 3.63) is 0 Å². The molecule has 7 heteroatoms. The smallest absolute Gasteiger partial charge is 0.301 e. The van der Waals surface area contributed by atoms with E-state index in [0.717, 1.165) is 5.06 Å². The van der Waals surface area contributed by atoms with Crippen LogP contribution >= 0.6 is 7.82 Å². The van der Waals surface area contributed by atoms with Gasteiger partial charge in [0, 0.05) is 0 Å². The summed E-state index contributed by atoms with van der Waals surface area (Å²) in [7, 11) is -4.38. The number of phosphoric acid groups is 1. The van der Waals surface area contributed by atoms with Crippen LogP contribution in [-0.2, 0) is 9.19 Å². The third-order valence-electron chi connectivity index (χ3n) is 0.871. The Bertz CT molecular complexity index is 187. The van der Waals surface area contributed by atoms with Gasteiger partial charge in [0.2, 0.25) is 0 Å². The summed E-state index contributed by atoms with van der Waals surface area (Å²) < 4.78 is 14.3. The van der Waals surface area contributed by atoms with E-state index in [9.17, 15) is 4.57 Å². The van der Waals surface area contributed by atoms with Gasteiger partial charge in [-0.05, 0) is 0 Å². The zero-order valence-electron chi connectivity index (χ0n) is 5.04. The minimum absolute atomic E-state index is 0.394. The highest BCUT2D eigenvalue weighted by molar-refractivity contribution is 7.46. The summed E-state index contributed by atoms with van der Waals surface area (Å²) in [6.07, 6.45) is 1.25. The lowest BCUT2D eigenvalue weighted by atomic mass is 10.7. The molecule has 6 nitrogen and oxygen atoms in total. The number of hydroxylamine groups is 2. The highest BCUT2D eigenvalue weighted by atomic mass is 31.2. The average molecular weight is 166 g/mol. The van der Waals surface area contributed by atoms with Crippen LogP contribution in [0, 0.1) is 0 Å². The first-order valence-electron chi connectivity index (χ1n) is 2.60. The van der Waals surface area contributed by atoms with Crippen LogP contribution in [0.4, 0.5) is 0 Å². The molecule has 0 aliphatic carbocycles. The summed E-state index contributed by atoms with van der Waals surface area (Å²) >= 11 is 0. The molecule has 0 aromatic carbocycles. The van der Waals surface area contributed by atoms with Gasteiger partial charge >= 0.3 is 7.82 Å². The van der Waals surface area contributed by atoms with Crippen LogP contribution in [0.15, 0.2) is 4.99 Å². The second kappa shape index (κ2) is 2.67. The van der Waals surface area contributed by atoms with Crippen LogP contribution in [-0.4, -0.2) is 34.3 Å². The first-order valence-corrected chi connectivity index (χ1v) is 4.13. The summed E-state index contributed by atoms with van der Waals surface area (Å²) in [5.74, 6) is 0. The lowest BCUT2D eigenvalue weighted by Crippen LogP contribution is -2.18. The Balaban J connectivity index is 2.39. The zero-order valence-corrected chi connectivity index (χ0v) is 5.94. The van der Waals surface area contributed by atoms with Gasteiger partial charge < -0.3 is 9.79 Å². The van der Waals surface area contributed by atoms with Crippen LogP contribution in [0.3, 0.4) is 0 Å². The van der Waals surface area contributed by atoms with E-state index in [1.807, 2.05) is 0 Å². The largest absolute Gasteiger partial charge is 0.491 e. The number of nitrogens with zero attached hydrogens (tertiary/aromatic N) is 2. The molecule has 0 spiro atoms. The minimum Gasteiger partial charge on any atom is -0.301 e. The summed E-state index contributed by atoms with van der Waals surface area (Å²) in [6.45, 7) is 0.908. The quantitative estimate of drug-likeness (QED) is 0.533. The summed E-state index contributed by atoms with van der Waals surface area (Å²) in [4.78, 5) is 20.2. The molecule has 0 radical (unpaired) electrons. The van der Waals surface area contributed by atoms with Crippen molar-refractivity contribution in [3.63, 3.8) is 0 Å². The molecule has 0 aromatic rings. The van der Waals surface area contributed by atoms with E-state index < -0.39 is 7.82 Å². The molecule has 1 rings (SSSR count). The van der Waals surface area contributed by atoms with Gasteiger partial charge in [-0.3, -0.25) is 4.99 Å². The van der Waals surface area contributed by atoms with Gasteiger partial charge in [-0.15, -0.1) is 0 Å². The molecule has 0 unspecified atom stereocenters. The molecule has 1 heterocycles. The standard InChI is InChI=1S/C3H7N2O4P/c6-10(7,8)9-5-2-1-4-3-5/h3H,1-2H2,(H2,6,7,8). The molecule has 0 fully saturated rings. The second-order valence-corrected chi connectivity index (χ2v) is 2.88. The van der Waals surface area contributed by atoms with Crippen molar-refractivity contribution in [3.8, 4) is 0 Å². The molecular formula is C3H7N2O4P. The minimum atomic E-state index is -4.38. The molecule has 58 valence electrons. The molecule has 0 amide bonds. The Morgan fingerprint density at radius 2 is 2.40 bits per heavy atom. The lowest BCUT2D eigenvalue weighted by molar-refractivity contribution is 0.00139. The summed E-state index contributed by atoms with van der Waals surface area (Å²) in [6, 6.07) is 0. The monoisotopic (exact) mass is 166 g/mol. The van der Waals surface area contributed by atoms with Crippen LogP contribution in [0.5, 0.6) is 0 Å². The van der Waals surface area contributed by atoms with Crippen LogP contribution in [0.2, 0.25) is 0 Å². The molecule has 0 bridgehead atoms. The molecule has 1 aliphatic heterocycles. The third-order valence-corrected chi connectivity index (χ3v) is 1.29. The molecule has 0 atom stereocenters. The summed E-state index contributed by atoms with van der Waals surface area (Å²) in [5, 5.41) is 1.01. The Hall–Kier alpha value is -0.420. The SMILES string of the molecule is O=P(O)(O)ON1C=NCC1. The van der Waals surface area contributed by atoms with E-state index in [4.69, 9.17) is 9.79 Å². The van der Waals surface area contributed by atoms with E-state index in [0.29, 0.717) is 13.1 Å². The Kier molecular flexibility index (Phi) is 2.05. The highest BCUT2D eigenvalue weighted by Gasteiger charge is 2.20. The molecule has 2 N–H and O–H groups in total. The maximum atomic E-state index is 10.2. The topological polar surface area (TPSA) is 82.4 Å². The van der Waals surface area contributed by atoms with Crippen LogP contribution in [0.25, 0.3) is 0 Å². The first-order chi connectivity index (χ1) is 4.58. The van der Waals surface area contributed by atoms with Crippen molar-refractivity contribution in [2.75, 3.05) is 13.1 Å². The van der Waals surface area contributed by atoms with Crippen LogP contribution in [0.1, 0.15) is 0 Å². The van der Waals surface area contributed by atoms with Crippen molar-refractivity contribution in [1.29, 1.82) is 0 Å². The van der Waals surface area contributed by atoms with Crippen molar-refractivity contribution in [1.82, 2.24) is 5.06 Å². The van der Waals surface area contributed by atoms with Gasteiger partial charge in [0.15, 0.2) is 0 Å². The number of hydrogen-bond acceptors (Lipinski definition) is 4. The van der Waals surface area contributed by atoms with E-state index >= 15 is 0 Å². The van der Waals surface area contributed by atoms with Gasteiger partial charge in [-0.1, -0.05) is 0 Å². The predicted molar refractivity (Wildman–Crippen MR) is 33.2 cm³/mol. The van der Waals surface area contributed by atoms with Gasteiger partial charge in [0.05, 0.1) is 13.1 Å². The van der Waals surface area contributed by atoms with E-state index in [1.54, 1.807) is 0 Å². The lowest BCUT2D eigenvalue weighted by Gasteiger charge is -2.12. The maximum absolute atomic E-state index is 10.2. The zero-order chi connectivity index (χ0) is 7.61. The van der Waals surface area contributed by atoms with E-state index in [-0.39, 0.29) is 0 Å². The fourth-order valence-electron chi connectivity index (χ4n) is 0.561. The number of rotatable bonds is 2. The summed E-state index contributed by atoms with van der Waals surface area (Å²) in [5.41, 5.74) is 0. The average Bonchev–Trinajstić information content (AvgIpc) is 2.12. The Morgan fingerprint density at radius 3 is 2.80 bits per heavy atom. The molecule has 10 heavy (non-hydrogen) atoms. The maximum Gasteiger partial charge on any atom is 0.491 e. The molecular weight excluding hydrogens is 159 g/mol. The van der Waals surface area contributed by atoms with Crippen molar-refractivity contribution >= 4 is 14.2 Å². The fourth-order valence-corrected chi connectivity index (χ4v) is 0.958. The van der Waals surface area contributed by atoms with Crippen LogP contribution < -0.4 is 0 Å². The second-order valence-electron chi connectivity index (χ2n) is 1.73. The Labute approximate surface area is 57.3 Å². The van der Waals surface area contributed by atoms with Crippen molar-refractivity contribution < 1.29 is 19.0 Å². The van der Waals surface area contributed by atoms with Gasteiger partial charge in [-0.25, -0.2) is 9.63 Å². The molecule has 0 saturated heterocycles. The third kappa shape index (κ3) is 2.45. The molecule has 0 aromatic heterocycles. The van der Waals surface area contributed by atoms with E-state index in [2.05, 4.69) is 9.62 Å². The fraction of sp³-hybridized carbons (Fsp3) is 0.667. The van der Waals surface area contributed by atoms with Gasteiger partial charge in [0.25, 0.3) is 0 Å². The van der Waals surface area contributed by atoms with Gasteiger partial charge in [0.1, 0.15) is 6.34 Å². The highest BCUT2D eigenvalue weighted by Crippen LogP contribution is 2.36. The normalized spacial score (nSPS) is 18.4. The Morgan fingerprint density at radius 1 is 1.70 bits per heavy atom. The predicted octanol–water partition coefficient (Wildman–Crippen LogP) is -0.645. The first kappa shape index (κ1) is 7.68. The van der Waals surface area contributed by atoms with E-state index in [1.165, 1.54) is 6.34 Å². The number of aliphatic imine (C=N–C) groups is 1.